The van der Waals surface area contributed by atoms with E-state index in [2.05, 4.69) is 34.9 Å². The van der Waals surface area contributed by atoms with E-state index in [1.54, 1.807) is 0 Å². The summed E-state index contributed by atoms with van der Waals surface area (Å²) in [5, 5.41) is 6.75. The molecular weight excluding hydrogens is 332 g/mol. The van der Waals surface area contributed by atoms with E-state index in [0.29, 0.717) is 12.0 Å². The van der Waals surface area contributed by atoms with Crippen molar-refractivity contribution in [3.05, 3.63) is 64.7 Å². The smallest absolute Gasteiger partial charge is 0.255 e. The lowest BCUT2D eigenvalue weighted by Gasteiger charge is -2.16. The lowest BCUT2D eigenvalue weighted by molar-refractivity contribution is 0.102. The van der Waals surface area contributed by atoms with Gasteiger partial charge in [0, 0.05) is 23.2 Å². The minimum absolute atomic E-state index is 0.00785. The van der Waals surface area contributed by atoms with Gasteiger partial charge in [-0.05, 0) is 98.4 Å². The van der Waals surface area contributed by atoms with Gasteiger partial charge in [0.15, 0.2) is 0 Å². The average Bonchev–Trinajstić information content (AvgIpc) is 3.61. The van der Waals surface area contributed by atoms with Crippen LogP contribution in [0.4, 0.5) is 5.69 Å². The molecule has 2 saturated carbocycles. The van der Waals surface area contributed by atoms with Crippen LogP contribution in [0, 0.1) is 5.92 Å². The number of hydrogen-bond acceptors (Lipinski definition) is 2. The van der Waals surface area contributed by atoms with E-state index < -0.39 is 0 Å². The van der Waals surface area contributed by atoms with Gasteiger partial charge in [0.25, 0.3) is 5.91 Å². The molecule has 0 heterocycles. The number of carbonyl (C=O) groups is 1. The van der Waals surface area contributed by atoms with Crippen molar-refractivity contribution in [1.82, 2.24) is 5.32 Å². The van der Waals surface area contributed by atoms with Crippen LogP contribution in [-0.2, 0) is 12.8 Å². The van der Waals surface area contributed by atoms with Crippen molar-refractivity contribution in [3.63, 3.8) is 0 Å². The number of anilines is 1. The summed E-state index contributed by atoms with van der Waals surface area (Å²) in [5.74, 6) is 1.58. The lowest BCUT2D eigenvalue weighted by atomic mass is 9.90. The Morgan fingerprint density at radius 1 is 0.963 bits per heavy atom. The molecule has 1 amide bonds. The molecule has 27 heavy (non-hydrogen) atoms. The Morgan fingerprint density at radius 2 is 1.74 bits per heavy atom. The molecule has 3 heteroatoms. The van der Waals surface area contributed by atoms with Gasteiger partial charge in [-0.15, -0.1) is 0 Å². The van der Waals surface area contributed by atoms with Gasteiger partial charge in [-0.2, -0.15) is 0 Å². The third-order valence-electron chi connectivity index (χ3n) is 6.36. The molecule has 3 aliphatic rings. The second kappa shape index (κ2) is 7.12. The number of hydrogen-bond donors (Lipinski definition) is 2. The molecule has 2 aromatic carbocycles. The Balaban J connectivity index is 1.19. The van der Waals surface area contributed by atoms with Crippen molar-refractivity contribution in [3.8, 4) is 0 Å². The molecule has 140 valence electrons. The van der Waals surface area contributed by atoms with Crippen molar-refractivity contribution in [2.45, 2.75) is 56.9 Å². The van der Waals surface area contributed by atoms with Gasteiger partial charge >= 0.3 is 0 Å². The molecule has 2 atom stereocenters. The third-order valence-corrected chi connectivity index (χ3v) is 6.36. The van der Waals surface area contributed by atoms with Gasteiger partial charge in [0.05, 0.1) is 0 Å². The van der Waals surface area contributed by atoms with E-state index in [-0.39, 0.29) is 5.91 Å². The Bertz CT molecular complexity index is 838. The van der Waals surface area contributed by atoms with Gasteiger partial charge in [0.2, 0.25) is 0 Å². The molecule has 0 radical (unpaired) electrons. The zero-order valence-electron chi connectivity index (χ0n) is 15.8. The van der Waals surface area contributed by atoms with Crippen LogP contribution < -0.4 is 10.6 Å². The van der Waals surface area contributed by atoms with Crippen LogP contribution in [0.2, 0.25) is 0 Å². The first kappa shape index (κ1) is 17.0. The fourth-order valence-electron chi connectivity index (χ4n) is 4.32. The molecule has 2 aromatic rings. The van der Waals surface area contributed by atoms with Gasteiger partial charge in [-0.25, -0.2) is 0 Å². The van der Waals surface area contributed by atoms with Crippen molar-refractivity contribution < 1.29 is 4.79 Å². The van der Waals surface area contributed by atoms with Gasteiger partial charge in [0.1, 0.15) is 0 Å². The highest BCUT2D eigenvalue weighted by atomic mass is 16.1. The standard InChI is InChI=1S/C24H28N2O/c27-24(20-8-7-17-3-1-2-4-19(17)13-20)26-21-11-9-18(10-12-21)22-14-23(22)25-15-16-5-6-16/h7-13,16,22-23,25H,1-6,14-15H2,(H,26,27). The summed E-state index contributed by atoms with van der Waals surface area (Å²) in [6.07, 6.45) is 8.80. The maximum absolute atomic E-state index is 12.6. The number of carbonyl (C=O) groups excluding carboxylic acids is 1. The first-order valence-corrected chi connectivity index (χ1v) is 10.5. The summed E-state index contributed by atoms with van der Waals surface area (Å²) in [6, 6.07) is 15.3. The molecule has 2 N–H and O–H groups in total. The van der Waals surface area contributed by atoms with Crippen LogP contribution in [0.15, 0.2) is 42.5 Å². The molecule has 0 saturated heterocycles. The summed E-state index contributed by atoms with van der Waals surface area (Å²) in [4.78, 5) is 12.6. The molecule has 2 unspecified atom stereocenters. The monoisotopic (exact) mass is 360 g/mol. The Morgan fingerprint density at radius 3 is 2.52 bits per heavy atom. The molecule has 5 rings (SSSR count). The third kappa shape index (κ3) is 3.93. The lowest BCUT2D eigenvalue weighted by Crippen LogP contribution is -2.20. The molecule has 0 spiro atoms. The number of amides is 1. The molecule has 0 bridgehead atoms. The first-order chi connectivity index (χ1) is 13.3. The van der Waals surface area contributed by atoms with Crippen LogP contribution >= 0.6 is 0 Å². The fourth-order valence-corrected chi connectivity index (χ4v) is 4.32. The van der Waals surface area contributed by atoms with E-state index in [9.17, 15) is 4.79 Å². The van der Waals surface area contributed by atoms with E-state index in [1.807, 2.05) is 18.2 Å². The first-order valence-electron chi connectivity index (χ1n) is 10.5. The van der Waals surface area contributed by atoms with Crippen LogP contribution in [0.25, 0.3) is 0 Å². The Labute approximate surface area is 161 Å². The highest BCUT2D eigenvalue weighted by Gasteiger charge is 2.38. The van der Waals surface area contributed by atoms with Crippen molar-refractivity contribution in [1.29, 1.82) is 0 Å². The largest absolute Gasteiger partial charge is 0.322 e. The number of rotatable bonds is 6. The summed E-state index contributed by atoms with van der Waals surface area (Å²) in [5.41, 5.74) is 5.80. The number of nitrogens with one attached hydrogen (secondary N) is 2. The van der Waals surface area contributed by atoms with Crippen LogP contribution in [0.1, 0.15) is 65.1 Å². The minimum atomic E-state index is -0.00785. The van der Waals surface area contributed by atoms with Crippen molar-refractivity contribution in [2.24, 2.45) is 5.92 Å². The van der Waals surface area contributed by atoms with Gasteiger partial charge in [-0.1, -0.05) is 18.2 Å². The summed E-state index contributed by atoms with van der Waals surface area (Å²) >= 11 is 0. The normalized spacial score (nSPS) is 23.6. The maximum atomic E-state index is 12.6. The zero-order chi connectivity index (χ0) is 18.2. The van der Waals surface area contributed by atoms with Gasteiger partial charge < -0.3 is 10.6 Å². The van der Waals surface area contributed by atoms with Crippen molar-refractivity contribution in [2.75, 3.05) is 11.9 Å². The fraction of sp³-hybridized carbons (Fsp3) is 0.458. The predicted molar refractivity (Wildman–Crippen MR) is 109 cm³/mol. The number of aryl methyl sites for hydroxylation is 2. The zero-order valence-corrected chi connectivity index (χ0v) is 15.8. The Hall–Kier alpha value is -2.13. The second-order valence-electron chi connectivity index (χ2n) is 8.57. The van der Waals surface area contributed by atoms with E-state index in [4.69, 9.17) is 0 Å². The SMILES string of the molecule is O=C(Nc1ccc(C2CC2NCC2CC2)cc1)c1ccc2c(c1)CCCC2. The quantitative estimate of drug-likeness (QED) is 0.786. The predicted octanol–water partition coefficient (Wildman–Crippen LogP) is 4.67. The minimum Gasteiger partial charge on any atom is -0.322 e. The maximum Gasteiger partial charge on any atom is 0.255 e. The highest BCUT2D eigenvalue weighted by Crippen LogP contribution is 2.42. The molecular formula is C24H28N2O. The molecule has 0 aliphatic heterocycles. The number of benzene rings is 2. The van der Waals surface area contributed by atoms with Gasteiger partial charge in [-0.3, -0.25) is 4.79 Å². The van der Waals surface area contributed by atoms with Crippen LogP contribution in [0.3, 0.4) is 0 Å². The topological polar surface area (TPSA) is 41.1 Å². The van der Waals surface area contributed by atoms with Crippen LogP contribution in [0.5, 0.6) is 0 Å². The van der Waals surface area contributed by atoms with E-state index >= 15 is 0 Å². The Kier molecular flexibility index (Phi) is 4.48. The average molecular weight is 361 g/mol. The summed E-state index contributed by atoms with van der Waals surface area (Å²) in [7, 11) is 0. The van der Waals surface area contributed by atoms with Crippen LogP contribution in [-0.4, -0.2) is 18.5 Å². The summed E-state index contributed by atoms with van der Waals surface area (Å²) in [6.45, 7) is 1.19. The highest BCUT2D eigenvalue weighted by molar-refractivity contribution is 6.04. The molecule has 3 nitrogen and oxygen atoms in total. The number of fused-ring (bicyclic) bond motifs is 1. The molecule has 3 aliphatic carbocycles. The van der Waals surface area contributed by atoms with E-state index in [0.717, 1.165) is 30.0 Å². The molecule has 2 fully saturated rings. The van der Waals surface area contributed by atoms with Crippen molar-refractivity contribution >= 4 is 11.6 Å². The molecule has 0 aromatic heterocycles. The summed E-state index contributed by atoms with van der Waals surface area (Å²) < 4.78 is 0. The van der Waals surface area contributed by atoms with E-state index in [1.165, 1.54) is 55.3 Å². The second-order valence-corrected chi connectivity index (χ2v) is 8.57.